The van der Waals surface area contributed by atoms with Crippen LogP contribution in [0.4, 0.5) is 34.1 Å². The van der Waals surface area contributed by atoms with Gasteiger partial charge in [-0.3, -0.25) is 40.5 Å². The molecule has 0 unspecified atom stereocenters. The number of ether oxygens (including phenoxy) is 7. The molecule has 0 bridgehead atoms. The number of fused-ring (bicyclic) bond motifs is 2. The molecule has 0 spiro atoms. The second-order valence-electron chi connectivity index (χ2n) is 21.7. The largest absolute Gasteiger partial charge is 1.00 e. The van der Waals surface area contributed by atoms with E-state index in [0.29, 0.717) is 92.5 Å². The van der Waals surface area contributed by atoms with Crippen LogP contribution in [0.5, 0.6) is 0 Å². The van der Waals surface area contributed by atoms with Crippen LogP contribution in [0, 0.1) is 53.4 Å². The topological polar surface area (TPSA) is 366 Å². The van der Waals surface area contributed by atoms with Gasteiger partial charge in [0.1, 0.15) is 18.0 Å². The van der Waals surface area contributed by atoms with E-state index in [1.54, 1.807) is 48.5 Å². The van der Waals surface area contributed by atoms with Gasteiger partial charge >= 0.3 is 62.0 Å². The summed E-state index contributed by atoms with van der Waals surface area (Å²) in [5.74, 6) is 0. The van der Waals surface area contributed by atoms with Gasteiger partial charge in [0.25, 0.3) is 22.7 Å². The van der Waals surface area contributed by atoms with Crippen molar-refractivity contribution in [3.63, 3.8) is 0 Å². The molecule has 2 aliphatic heterocycles. The number of non-ortho nitro benzene ring substituents is 4. The van der Waals surface area contributed by atoms with Crippen molar-refractivity contribution in [1.82, 2.24) is 0 Å². The quantitative estimate of drug-likeness (QED) is 0.00677. The van der Waals surface area contributed by atoms with Gasteiger partial charge in [-0.2, -0.15) is 22.8 Å². The van der Waals surface area contributed by atoms with Gasteiger partial charge in [-0.25, -0.2) is 4.99 Å². The van der Waals surface area contributed by atoms with Crippen molar-refractivity contribution in [2.45, 2.75) is 84.4 Å². The predicted octanol–water partition coefficient (Wildman–Crippen LogP) is 6.60. The van der Waals surface area contributed by atoms with Gasteiger partial charge in [-0.1, -0.05) is 75.0 Å². The zero-order valence-electron chi connectivity index (χ0n) is 56.4. The molecule has 27 nitrogen and oxygen atoms in total. The van der Waals surface area contributed by atoms with Crippen LogP contribution in [0.2, 0.25) is 0 Å². The van der Waals surface area contributed by atoms with E-state index in [4.69, 9.17) is 56.4 Å². The monoisotopic (exact) mass is 1540 g/mol. The van der Waals surface area contributed by atoms with Gasteiger partial charge in [-0.05, 0) is 85.5 Å². The Kier molecular flexibility index (Phi) is 47.1. The number of hydrogen-bond acceptors (Lipinski definition) is 21. The molecule has 530 valence electrons. The molecule has 0 saturated carbocycles. The van der Waals surface area contributed by atoms with Gasteiger partial charge in [0.15, 0.2) is 12.3 Å². The van der Waals surface area contributed by atoms with Crippen LogP contribution in [-0.2, 0) is 79.7 Å². The number of nitro benzene ring substituents is 4. The van der Waals surface area contributed by atoms with Gasteiger partial charge in [0.05, 0.1) is 131 Å². The molecule has 0 aliphatic carbocycles. The number of nitrogens with zero attached hydrogens (tertiary/aromatic N) is 5. The normalized spacial score (nSPS) is 12.3. The molecule has 0 saturated heterocycles. The van der Waals surface area contributed by atoms with E-state index in [-0.39, 0.29) is 105 Å². The molecule has 6 aromatic carbocycles. The SMILES string of the molecule is CC1=[N+](CCOCCOCc2ccc([N+](=O)[O-])cc2)c2ccc(C)cc2C1(C)C.CC1=[NH+]c2cc[c-]cc2C1(C)C.O=S(=O)=O.O=[N+]([O-])c1ccc(CBr)cc1.O=[N+]([O-])c1ccc(COCCOCCBr)cc1.O=[N+]([O-])c1ccc(COCCOCCO)cc1.OCCOCCO.[K+]. The molecule has 0 atom stereocenters. The third-order valence-electron chi connectivity index (χ3n) is 14.3. The number of halogens is 2. The first-order chi connectivity index (χ1) is 46.3. The number of nitro groups is 4. The number of aliphatic hydroxyl groups excluding tert-OH is 3. The minimum Gasteiger partial charge on any atom is -0.394 e. The van der Waals surface area contributed by atoms with E-state index < -0.39 is 30.3 Å². The Hall–Kier alpha value is -5.92. The van der Waals surface area contributed by atoms with Crippen LogP contribution in [0.15, 0.2) is 133 Å². The zero-order chi connectivity index (χ0) is 72.2. The number of aryl methyl sites for hydroxylation is 1. The maximum absolute atomic E-state index is 10.7. The molecule has 2 heterocycles. The number of benzene rings is 6. The first kappa shape index (κ1) is 90.1. The first-order valence-electron chi connectivity index (χ1n) is 30.3. The minimum atomic E-state index is -3.11. The summed E-state index contributed by atoms with van der Waals surface area (Å²) < 4.78 is 64.6. The summed E-state index contributed by atoms with van der Waals surface area (Å²) in [6.07, 6.45) is 0. The Labute approximate surface area is 631 Å². The minimum absolute atomic E-state index is 0. The van der Waals surface area contributed by atoms with Crippen LogP contribution >= 0.6 is 31.9 Å². The number of aliphatic hydroxyl groups is 3. The van der Waals surface area contributed by atoms with Crippen molar-refractivity contribution >= 4 is 88.0 Å². The Bertz CT molecular complexity index is 3420. The van der Waals surface area contributed by atoms with Gasteiger partial charge in [0.2, 0.25) is 5.69 Å². The maximum atomic E-state index is 10.7. The van der Waals surface area contributed by atoms with Gasteiger partial charge in [0, 0.05) is 90.1 Å². The molecule has 2 aliphatic rings. The molecule has 0 amide bonds. The van der Waals surface area contributed by atoms with Crippen molar-refractivity contribution in [1.29, 1.82) is 0 Å². The van der Waals surface area contributed by atoms with E-state index in [1.807, 2.05) is 6.07 Å². The van der Waals surface area contributed by atoms with Crippen LogP contribution in [0.1, 0.15) is 80.5 Å². The Balaban J connectivity index is 0.000000610. The average Bonchev–Trinajstić information content (AvgIpc) is 1.61. The summed E-state index contributed by atoms with van der Waals surface area (Å²) in [7, 11) is -3.11. The third-order valence-corrected chi connectivity index (χ3v) is 15.2. The van der Waals surface area contributed by atoms with E-state index >= 15 is 0 Å². The van der Waals surface area contributed by atoms with Crippen LogP contribution < -0.4 is 56.4 Å². The molecule has 6 aromatic rings. The fourth-order valence-electron chi connectivity index (χ4n) is 8.59. The molecule has 0 fully saturated rings. The number of alkyl halides is 2. The molecule has 0 radical (unpaired) electrons. The average molecular weight is 1540 g/mol. The predicted molar refractivity (Wildman–Crippen MR) is 371 cm³/mol. The van der Waals surface area contributed by atoms with E-state index in [9.17, 15) is 40.5 Å². The standard InChI is InChI=1S/C23H29N2O4.C11H14BrNO4.C11H15NO5.C11H12N.C7H6BrNO2.C4H10O3.K.O3S/c1-17-5-10-22-21(15-17)23(3,4)18(2)24(22)11-12-28-13-14-29-16-19-6-8-20(9-7-19)25(26)27;12-5-6-16-7-8-17-9-10-1-3-11(4-2-10)13(14)15;13-5-6-16-7-8-17-9-10-1-3-11(4-2-10)12(14)15;1-8-11(2,3)9-6-4-5-7-10(9)12-8;8-5-6-1-3-7(4-2-6)9(10)11;5-1-3-7-4-2-6;;1-4(2)3/h5-10,15H,11-14,16H2,1-4H3;1-4H,5-9H2;1-4,13H,5-9H2;5-7H,1-3H3;1-4H,5H2;5-6H,1-4H2;;/q+1;;;-1;;;+1;/p+1. The van der Waals surface area contributed by atoms with E-state index in [2.05, 4.69) is 131 Å². The van der Waals surface area contributed by atoms with Crippen LogP contribution in [0.25, 0.3) is 0 Å². The van der Waals surface area contributed by atoms with E-state index in [1.165, 1.54) is 88.0 Å². The third kappa shape index (κ3) is 35.4. The molecule has 4 N–H and O–H groups in total. The Morgan fingerprint density at radius 1 is 0.490 bits per heavy atom. The molecule has 31 heteroatoms. The van der Waals surface area contributed by atoms with Gasteiger partial charge in [-0.15, -0.1) is 18.7 Å². The second kappa shape index (κ2) is 51.3. The van der Waals surface area contributed by atoms with Crippen molar-refractivity contribution in [3.05, 3.63) is 219 Å². The second-order valence-corrected chi connectivity index (χ2v) is 23.5. The first-order valence-corrected chi connectivity index (χ1v) is 33.6. The summed E-state index contributed by atoms with van der Waals surface area (Å²) >= 11 is 6.50. The smallest absolute Gasteiger partial charge is 0.394 e. The van der Waals surface area contributed by atoms with Gasteiger partial charge < -0.3 is 48.5 Å². The fraction of sp³-hybridized carbons (Fsp3) is 0.433. The van der Waals surface area contributed by atoms with E-state index in [0.717, 1.165) is 39.5 Å². The Morgan fingerprint density at radius 3 is 1.20 bits per heavy atom. The maximum Gasteiger partial charge on any atom is 1.00 e. The summed E-state index contributed by atoms with van der Waals surface area (Å²) in [4.78, 5) is 43.4. The molecular formula is C67H87Br2KN6O21S+2. The number of hydrogen-bond donors (Lipinski definition) is 4. The Morgan fingerprint density at radius 2 is 0.847 bits per heavy atom. The molecular weight excluding hydrogens is 1460 g/mol. The van der Waals surface area contributed by atoms with Crippen molar-refractivity contribution < 1.29 is 142 Å². The summed E-state index contributed by atoms with van der Waals surface area (Å²) in [5.41, 5.74) is 13.5. The van der Waals surface area contributed by atoms with Crippen molar-refractivity contribution in [3.8, 4) is 0 Å². The summed E-state index contributed by atoms with van der Waals surface area (Å²) in [6, 6.07) is 41.3. The van der Waals surface area contributed by atoms with Crippen molar-refractivity contribution in [2.75, 3.05) is 104 Å². The van der Waals surface area contributed by atoms with Crippen LogP contribution in [0.3, 0.4) is 0 Å². The molecule has 98 heavy (non-hydrogen) atoms. The van der Waals surface area contributed by atoms with Crippen molar-refractivity contribution in [2.24, 2.45) is 0 Å². The summed E-state index contributed by atoms with van der Waals surface area (Å²) in [6.45, 7) is 22.8. The zero-order valence-corrected chi connectivity index (χ0v) is 63.5. The fourth-order valence-corrected chi connectivity index (χ4v) is 9.19. The molecule has 0 aromatic heterocycles. The number of nitrogens with one attached hydrogen (secondary N) is 1. The summed E-state index contributed by atoms with van der Waals surface area (Å²) in [5, 5.41) is 67.9. The number of rotatable bonds is 31. The van der Waals surface area contributed by atoms with Crippen LogP contribution in [-0.4, -0.2) is 168 Å². The molecule has 8 rings (SSSR count).